The second kappa shape index (κ2) is 4.13. The van der Waals surface area contributed by atoms with Crippen molar-refractivity contribution in [2.45, 2.75) is 36.3 Å². The summed E-state index contributed by atoms with van der Waals surface area (Å²) < 4.78 is -0.576. The molecule has 0 aromatic heterocycles. The number of hydrogen-bond donors (Lipinski definition) is 1. The topological polar surface area (TPSA) is 37.3 Å². The molecule has 1 fully saturated rings. The molecule has 0 unspecified atom stereocenters. The molecule has 1 N–H and O–H groups in total. The quantitative estimate of drug-likeness (QED) is 0.874. The predicted octanol–water partition coefficient (Wildman–Crippen LogP) is 3.34. The number of carboxylic acids is 1. The van der Waals surface area contributed by atoms with Crippen LogP contribution in [0.25, 0.3) is 0 Å². The molecule has 3 heteroatoms. The van der Waals surface area contributed by atoms with Gasteiger partial charge in [0.1, 0.15) is 4.75 Å². The van der Waals surface area contributed by atoms with Crippen molar-refractivity contribution in [2.24, 2.45) is 5.92 Å². The minimum Gasteiger partial charge on any atom is -0.480 e. The maximum atomic E-state index is 11.3. The van der Waals surface area contributed by atoms with Crippen LogP contribution in [0.4, 0.5) is 0 Å². The van der Waals surface area contributed by atoms with E-state index in [0.717, 1.165) is 17.7 Å². The van der Waals surface area contributed by atoms with Gasteiger partial charge in [0.25, 0.3) is 0 Å². The minimum absolute atomic E-state index is 0.536. The number of aliphatic carboxylic acids is 1. The molecule has 1 aliphatic carbocycles. The fraction of sp³-hybridized carbons (Fsp3) is 0.462. The first-order valence-electron chi connectivity index (χ1n) is 5.51. The zero-order valence-corrected chi connectivity index (χ0v) is 10.4. The maximum absolute atomic E-state index is 11.3. The molecule has 0 amide bonds. The number of hydrogen-bond acceptors (Lipinski definition) is 2. The summed E-state index contributed by atoms with van der Waals surface area (Å²) in [6.45, 7) is 4.14. The maximum Gasteiger partial charge on any atom is 0.320 e. The molecule has 0 heterocycles. The number of aryl methyl sites for hydroxylation is 1. The molecule has 0 radical (unpaired) electrons. The normalized spacial score (nSPS) is 28.5. The fourth-order valence-corrected chi connectivity index (χ4v) is 3.94. The third kappa shape index (κ3) is 2.09. The van der Waals surface area contributed by atoms with E-state index < -0.39 is 10.7 Å². The molecule has 2 nitrogen and oxygen atoms in total. The summed E-state index contributed by atoms with van der Waals surface area (Å²) in [7, 11) is 0. The summed E-state index contributed by atoms with van der Waals surface area (Å²) in [6, 6.07) is 8.06. The second-order valence-corrected chi connectivity index (χ2v) is 6.19. The molecule has 16 heavy (non-hydrogen) atoms. The van der Waals surface area contributed by atoms with Gasteiger partial charge in [-0.2, -0.15) is 0 Å². The van der Waals surface area contributed by atoms with E-state index in [1.54, 1.807) is 0 Å². The Balaban J connectivity index is 2.16. The zero-order valence-electron chi connectivity index (χ0n) is 9.56. The van der Waals surface area contributed by atoms with Crippen LogP contribution >= 0.6 is 11.8 Å². The van der Waals surface area contributed by atoms with Gasteiger partial charge in [0.2, 0.25) is 0 Å². The third-order valence-electron chi connectivity index (χ3n) is 3.05. The number of thioether (sulfide) groups is 1. The Morgan fingerprint density at radius 3 is 2.69 bits per heavy atom. The summed E-state index contributed by atoms with van der Waals surface area (Å²) >= 11 is 1.50. The predicted molar refractivity (Wildman–Crippen MR) is 65.8 cm³/mol. The van der Waals surface area contributed by atoms with E-state index in [2.05, 4.69) is 13.0 Å². The Labute approximate surface area is 100 Å². The molecule has 0 spiro atoms. The fourth-order valence-electron chi connectivity index (χ4n) is 2.27. The largest absolute Gasteiger partial charge is 0.480 e. The molecule has 1 aromatic carbocycles. The van der Waals surface area contributed by atoms with Crippen molar-refractivity contribution in [3.8, 4) is 0 Å². The average Bonchev–Trinajstić information content (AvgIpc) is 2.14. The molecule has 0 bridgehead atoms. The van der Waals surface area contributed by atoms with E-state index in [9.17, 15) is 9.90 Å². The van der Waals surface area contributed by atoms with Crippen LogP contribution in [0.5, 0.6) is 0 Å². The molecule has 1 aromatic rings. The number of benzene rings is 1. The van der Waals surface area contributed by atoms with Gasteiger partial charge in [-0.15, -0.1) is 11.8 Å². The monoisotopic (exact) mass is 236 g/mol. The van der Waals surface area contributed by atoms with Crippen molar-refractivity contribution < 1.29 is 9.90 Å². The van der Waals surface area contributed by atoms with Gasteiger partial charge in [0.05, 0.1) is 0 Å². The molecule has 1 aliphatic rings. The average molecular weight is 236 g/mol. The number of rotatable bonds is 3. The van der Waals surface area contributed by atoms with Crippen molar-refractivity contribution in [2.75, 3.05) is 0 Å². The highest BCUT2D eigenvalue weighted by Crippen LogP contribution is 2.50. The third-order valence-corrected chi connectivity index (χ3v) is 4.44. The zero-order chi connectivity index (χ0) is 11.8. The molecule has 86 valence electrons. The highest BCUT2D eigenvalue weighted by atomic mass is 32.2. The van der Waals surface area contributed by atoms with Gasteiger partial charge >= 0.3 is 5.97 Å². The summed E-state index contributed by atoms with van der Waals surface area (Å²) in [6.07, 6.45) is 1.56. The lowest BCUT2D eigenvalue weighted by Gasteiger charge is -2.42. The van der Waals surface area contributed by atoms with Gasteiger partial charge in [-0.25, -0.2) is 0 Å². The smallest absolute Gasteiger partial charge is 0.320 e. The molecular formula is C13H16O2S. The van der Waals surface area contributed by atoms with Gasteiger partial charge < -0.3 is 5.11 Å². The molecule has 1 saturated carbocycles. The molecule has 0 saturated heterocycles. The molecule has 0 atom stereocenters. The van der Waals surface area contributed by atoms with E-state index in [4.69, 9.17) is 0 Å². The molecular weight excluding hydrogens is 220 g/mol. The Morgan fingerprint density at radius 2 is 2.19 bits per heavy atom. The van der Waals surface area contributed by atoms with E-state index in [1.165, 1.54) is 17.3 Å². The highest BCUT2D eigenvalue weighted by Gasteiger charge is 2.49. The van der Waals surface area contributed by atoms with Crippen LogP contribution in [0, 0.1) is 12.8 Å². The second-order valence-electron chi connectivity index (χ2n) is 4.73. The van der Waals surface area contributed by atoms with Gasteiger partial charge in [-0.05, 0) is 37.8 Å². The van der Waals surface area contributed by atoms with Gasteiger partial charge in [-0.3, -0.25) is 4.79 Å². The Bertz CT molecular complexity index is 408. The summed E-state index contributed by atoms with van der Waals surface area (Å²) in [5.41, 5.74) is 1.18. The summed E-state index contributed by atoms with van der Waals surface area (Å²) in [5.74, 6) is -0.134. The lowest BCUT2D eigenvalue weighted by atomic mass is 9.75. The lowest BCUT2D eigenvalue weighted by molar-refractivity contribution is -0.143. The van der Waals surface area contributed by atoms with Gasteiger partial charge in [-0.1, -0.05) is 24.6 Å². The Kier molecular flexibility index (Phi) is 2.98. The Hall–Kier alpha value is -0.960. The van der Waals surface area contributed by atoms with Crippen LogP contribution in [0.1, 0.15) is 25.3 Å². The number of carboxylic acid groups (broad SMARTS) is 1. The van der Waals surface area contributed by atoms with Crippen LogP contribution in [0.3, 0.4) is 0 Å². The first-order valence-corrected chi connectivity index (χ1v) is 6.32. The molecule has 2 rings (SSSR count). The molecule has 0 aliphatic heterocycles. The van der Waals surface area contributed by atoms with Crippen molar-refractivity contribution in [1.82, 2.24) is 0 Å². The minimum atomic E-state index is -0.669. The van der Waals surface area contributed by atoms with Gasteiger partial charge in [0, 0.05) is 4.90 Å². The number of carbonyl (C=O) groups is 1. The van der Waals surface area contributed by atoms with Crippen molar-refractivity contribution in [3.63, 3.8) is 0 Å². The van der Waals surface area contributed by atoms with Crippen LogP contribution in [-0.2, 0) is 4.79 Å². The van der Waals surface area contributed by atoms with E-state index in [0.29, 0.717) is 5.92 Å². The van der Waals surface area contributed by atoms with Crippen LogP contribution in [0.15, 0.2) is 29.2 Å². The van der Waals surface area contributed by atoms with Crippen molar-refractivity contribution in [3.05, 3.63) is 29.8 Å². The standard InChI is InChI=1S/C13H16O2S/c1-9-4-3-5-11(6-9)16-13(12(14)15)7-10(2)8-13/h3-6,10H,7-8H2,1-2H3,(H,14,15). The first kappa shape index (κ1) is 11.5. The summed E-state index contributed by atoms with van der Waals surface area (Å²) in [4.78, 5) is 12.4. The van der Waals surface area contributed by atoms with Gasteiger partial charge in [0.15, 0.2) is 0 Å². The van der Waals surface area contributed by atoms with E-state index in [-0.39, 0.29) is 0 Å². The summed E-state index contributed by atoms with van der Waals surface area (Å²) in [5, 5.41) is 9.31. The van der Waals surface area contributed by atoms with Crippen LogP contribution in [0.2, 0.25) is 0 Å². The highest BCUT2D eigenvalue weighted by molar-refractivity contribution is 8.01. The first-order chi connectivity index (χ1) is 7.52. The van der Waals surface area contributed by atoms with Crippen LogP contribution < -0.4 is 0 Å². The van der Waals surface area contributed by atoms with Crippen molar-refractivity contribution >= 4 is 17.7 Å². The van der Waals surface area contributed by atoms with E-state index in [1.807, 2.05) is 25.1 Å². The van der Waals surface area contributed by atoms with E-state index >= 15 is 0 Å². The lowest BCUT2D eigenvalue weighted by Crippen LogP contribution is -2.46. The van der Waals surface area contributed by atoms with Crippen molar-refractivity contribution in [1.29, 1.82) is 0 Å². The Morgan fingerprint density at radius 1 is 1.50 bits per heavy atom. The SMILES string of the molecule is Cc1cccc(SC2(C(=O)O)CC(C)C2)c1. The van der Waals surface area contributed by atoms with Crippen LogP contribution in [-0.4, -0.2) is 15.8 Å².